The Kier molecular flexibility index (Phi) is 2.33. The third-order valence-electron chi connectivity index (χ3n) is 2.99. The minimum Gasteiger partial charge on any atom is -0.467 e. The van der Waals surface area contributed by atoms with Gasteiger partial charge in [0.15, 0.2) is 0 Å². The second-order valence-corrected chi connectivity index (χ2v) is 5.36. The smallest absolute Gasteiger partial charge is 0.129 e. The summed E-state index contributed by atoms with van der Waals surface area (Å²) in [6.07, 6.45) is 2.84. The second-order valence-electron chi connectivity index (χ2n) is 4.13. The molecule has 1 aliphatic heterocycles. The first kappa shape index (κ1) is 10.1. The van der Waals surface area contributed by atoms with E-state index in [9.17, 15) is 0 Å². The van der Waals surface area contributed by atoms with E-state index in [0.717, 1.165) is 29.4 Å². The summed E-state index contributed by atoms with van der Waals surface area (Å²) in [6, 6.07) is 2.27. The van der Waals surface area contributed by atoms with Crippen molar-refractivity contribution in [1.82, 2.24) is 10.3 Å². The molecule has 4 heteroatoms. The van der Waals surface area contributed by atoms with Crippen LogP contribution in [-0.4, -0.2) is 11.5 Å². The predicted molar refractivity (Wildman–Crippen MR) is 63.8 cm³/mol. The normalized spacial score (nSPS) is 19.8. The highest BCUT2D eigenvalue weighted by Crippen LogP contribution is 2.34. The van der Waals surface area contributed by atoms with Crippen molar-refractivity contribution in [1.29, 1.82) is 0 Å². The molecule has 0 saturated carbocycles. The Bertz CT molecular complexity index is 515. The van der Waals surface area contributed by atoms with Gasteiger partial charge >= 0.3 is 0 Å². The van der Waals surface area contributed by atoms with E-state index in [1.165, 1.54) is 10.4 Å². The first-order chi connectivity index (χ1) is 7.75. The Hall–Kier alpha value is -1.13. The van der Waals surface area contributed by atoms with Crippen LogP contribution < -0.4 is 5.32 Å². The molecule has 0 spiro atoms. The van der Waals surface area contributed by atoms with Gasteiger partial charge in [0.25, 0.3) is 0 Å². The van der Waals surface area contributed by atoms with E-state index >= 15 is 0 Å². The lowest BCUT2D eigenvalue weighted by atomic mass is 10.0. The number of thiazole rings is 1. The van der Waals surface area contributed by atoms with E-state index in [1.54, 1.807) is 17.6 Å². The number of furan rings is 1. The molecule has 3 nitrogen and oxygen atoms in total. The minimum absolute atomic E-state index is 0.199. The monoisotopic (exact) mass is 234 g/mol. The summed E-state index contributed by atoms with van der Waals surface area (Å²) in [5, 5.41) is 4.63. The number of hydrogen-bond acceptors (Lipinski definition) is 4. The fourth-order valence-corrected chi connectivity index (χ4v) is 3.28. The molecular formula is C12H14N2OS. The molecule has 3 rings (SSSR count). The van der Waals surface area contributed by atoms with Crippen LogP contribution in [0.4, 0.5) is 0 Å². The van der Waals surface area contributed by atoms with E-state index in [0.29, 0.717) is 0 Å². The molecule has 0 fully saturated rings. The lowest BCUT2D eigenvalue weighted by Gasteiger charge is -2.22. The Morgan fingerprint density at radius 1 is 1.50 bits per heavy atom. The highest BCUT2D eigenvalue weighted by Gasteiger charge is 2.27. The van der Waals surface area contributed by atoms with Crippen LogP contribution >= 0.6 is 11.3 Å². The first-order valence-electron chi connectivity index (χ1n) is 5.49. The summed E-state index contributed by atoms with van der Waals surface area (Å²) in [7, 11) is 0. The number of rotatable bonds is 1. The van der Waals surface area contributed by atoms with Crippen LogP contribution in [0.2, 0.25) is 0 Å². The lowest BCUT2D eigenvalue weighted by Crippen LogP contribution is -2.29. The van der Waals surface area contributed by atoms with Gasteiger partial charge in [-0.1, -0.05) is 0 Å². The molecule has 0 aliphatic carbocycles. The van der Waals surface area contributed by atoms with Gasteiger partial charge in [0.05, 0.1) is 21.8 Å². The third-order valence-corrected chi connectivity index (χ3v) is 4.13. The average Bonchev–Trinajstić information content (AvgIpc) is 2.84. The maximum absolute atomic E-state index is 5.60. The van der Waals surface area contributed by atoms with Gasteiger partial charge in [0.1, 0.15) is 11.8 Å². The number of fused-ring (bicyclic) bond motifs is 1. The molecule has 0 bridgehead atoms. The third kappa shape index (κ3) is 1.49. The van der Waals surface area contributed by atoms with E-state index < -0.39 is 0 Å². The predicted octanol–water partition coefficient (Wildman–Crippen LogP) is 2.59. The molecular weight excluding hydrogens is 220 g/mol. The Labute approximate surface area is 98.5 Å². The van der Waals surface area contributed by atoms with Gasteiger partial charge in [-0.2, -0.15) is 0 Å². The van der Waals surface area contributed by atoms with E-state index in [1.807, 2.05) is 6.92 Å². The zero-order valence-corrected chi connectivity index (χ0v) is 10.2. The fourth-order valence-electron chi connectivity index (χ4n) is 2.28. The van der Waals surface area contributed by atoms with Gasteiger partial charge in [0.2, 0.25) is 0 Å². The quantitative estimate of drug-likeness (QED) is 0.824. The molecule has 1 atom stereocenters. The summed E-state index contributed by atoms with van der Waals surface area (Å²) >= 11 is 1.75. The molecule has 0 saturated heterocycles. The number of hydrogen-bond donors (Lipinski definition) is 1. The molecule has 84 valence electrons. The van der Waals surface area contributed by atoms with Crippen LogP contribution in [0.1, 0.15) is 32.9 Å². The first-order valence-corrected chi connectivity index (χ1v) is 6.31. The fraction of sp³-hybridized carbons (Fsp3) is 0.417. The highest BCUT2D eigenvalue weighted by atomic mass is 32.1. The summed E-state index contributed by atoms with van der Waals surface area (Å²) in [6.45, 7) is 5.12. The molecule has 1 N–H and O–H groups in total. The SMILES string of the molecule is Cc1nc(C)c(C2NCCc3ccoc32)s1. The van der Waals surface area contributed by atoms with Crippen molar-refractivity contribution in [3.8, 4) is 0 Å². The van der Waals surface area contributed by atoms with Crippen LogP contribution in [0.25, 0.3) is 0 Å². The molecule has 2 aromatic heterocycles. The molecule has 1 unspecified atom stereocenters. The summed E-state index contributed by atoms with van der Waals surface area (Å²) in [4.78, 5) is 5.77. The molecule has 0 aromatic carbocycles. The van der Waals surface area contributed by atoms with E-state index in [-0.39, 0.29) is 6.04 Å². The maximum Gasteiger partial charge on any atom is 0.129 e. The van der Waals surface area contributed by atoms with Crippen LogP contribution in [0, 0.1) is 13.8 Å². The highest BCUT2D eigenvalue weighted by molar-refractivity contribution is 7.11. The summed E-state index contributed by atoms with van der Waals surface area (Å²) in [5.74, 6) is 1.07. The van der Waals surface area contributed by atoms with Crippen LogP contribution in [0.15, 0.2) is 16.7 Å². The van der Waals surface area contributed by atoms with Crippen LogP contribution in [0.5, 0.6) is 0 Å². The molecule has 0 radical (unpaired) electrons. The van der Waals surface area contributed by atoms with Gasteiger partial charge in [-0.25, -0.2) is 4.98 Å². The molecule has 1 aliphatic rings. The van der Waals surface area contributed by atoms with Crippen molar-refractivity contribution in [2.75, 3.05) is 6.54 Å². The van der Waals surface area contributed by atoms with Gasteiger partial charge in [-0.15, -0.1) is 11.3 Å². The van der Waals surface area contributed by atoms with Gasteiger partial charge in [0, 0.05) is 6.54 Å². The number of aryl methyl sites for hydroxylation is 2. The van der Waals surface area contributed by atoms with Gasteiger partial charge in [-0.3, -0.25) is 0 Å². The zero-order chi connectivity index (χ0) is 11.1. The standard InChI is InChI=1S/C12H14N2OS/c1-7-12(16-8(2)14-7)10-11-9(3-5-13-10)4-6-15-11/h4,6,10,13H,3,5H2,1-2H3. The van der Waals surface area contributed by atoms with E-state index in [2.05, 4.69) is 23.3 Å². The van der Waals surface area contributed by atoms with Crippen LogP contribution in [-0.2, 0) is 6.42 Å². The average molecular weight is 234 g/mol. The molecule has 0 amide bonds. The van der Waals surface area contributed by atoms with Gasteiger partial charge < -0.3 is 9.73 Å². The molecule has 3 heterocycles. The van der Waals surface area contributed by atoms with Crippen molar-refractivity contribution in [2.45, 2.75) is 26.3 Å². The maximum atomic E-state index is 5.60. The van der Waals surface area contributed by atoms with Crippen molar-refractivity contribution in [2.24, 2.45) is 0 Å². The zero-order valence-electron chi connectivity index (χ0n) is 9.41. The number of nitrogens with one attached hydrogen (secondary N) is 1. The molecule has 2 aromatic rings. The van der Waals surface area contributed by atoms with Crippen molar-refractivity contribution in [3.05, 3.63) is 39.2 Å². The van der Waals surface area contributed by atoms with Crippen LogP contribution in [0.3, 0.4) is 0 Å². The van der Waals surface area contributed by atoms with Gasteiger partial charge in [-0.05, 0) is 31.9 Å². The Morgan fingerprint density at radius 3 is 3.12 bits per heavy atom. The Morgan fingerprint density at radius 2 is 2.38 bits per heavy atom. The minimum atomic E-state index is 0.199. The largest absolute Gasteiger partial charge is 0.467 e. The second kappa shape index (κ2) is 3.71. The number of nitrogens with zero attached hydrogens (tertiary/aromatic N) is 1. The Balaban J connectivity index is 2.07. The van der Waals surface area contributed by atoms with Crippen molar-refractivity contribution < 1.29 is 4.42 Å². The van der Waals surface area contributed by atoms with Crippen molar-refractivity contribution >= 4 is 11.3 Å². The van der Waals surface area contributed by atoms with E-state index in [4.69, 9.17) is 4.42 Å². The topological polar surface area (TPSA) is 38.1 Å². The molecule has 16 heavy (non-hydrogen) atoms. The summed E-state index contributed by atoms with van der Waals surface area (Å²) in [5.41, 5.74) is 2.44. The lowest BCUT2D eigenvalue weighted by molar-refractivity contribution is 0.427. The van der Waals surface area contributed by atoms with Crippen molar-refractivity contribution in [3.63, 3.8) is 0 Å². The summed E-state index contributed by atoms with van der Waals surface area (Å²) < 4.78 is 5.60. The number of aromatic nitrogens is 1.